The molecule has 1 aromatic heterocycles. The second kappa shape index (κ2) is 1.74. The molecule has 1 heterocycles. The fourth-order valence-corrected chi connectivity index (χ4v) is 1.24. The van der Waals surface area contributed by atoms with Crippen LogP contribution in [0.2, 0.25) is 0 Å². The Morgan fingerprint density at radius 1 is 1.75 bits per heavy atom. The average Bonchev–Trinajstić information content (AvgIpc) is 1.85. The molecule has 8 heavy (non-hydrogen) atoms. The van der Waals surface area contributed by atoms with Crippen LogP contribution >= 0.6 is 11.3 Å². The Hall–Kier alpha value is -0.570. The van der Waals surface area contributed by atoms with Crippen molar-refractivity contribution in [2.24, 2.45) is 7.05 Å². The summed E-state index contributed by atoms with van der Waals surface area (Å²) in [4.78, 5) is 11.8. The number of hydrogen-bond donors (Lipinski definition) is 0. The van der Waals surface area contributed by atoms with Crippen LogP contribution < -0.4 is 4.87 Å². The molecule has 0 aliphatic carbocycles. The maximum absolute atomic E-state index is 10.6. The van der Waals surface area contributed by atoms with Crippen molar-refractivity contribution in [3.05, 3.63) is 20.7 Å². The fraction of sp³-hybridized carbons (Fsp3) is 0.400. The first-order valence-corrected chi connectivity index (χ1v) is 3.15. The van der Waals surface area contributed by atoms with E-state index < -0.39 is 0 Å². The summed E-state index contributed by atoms with van der Waals surface area (Å²) in [6.07, 6.45) is 1.83. The normalized spacial score (nSPS) is 9.75. The molecule has 0 spiro atoms. The van der Waals surface area contributed by atoms with Crippen LogP contribution in [0.4, 0.5) is 0 Å². The summed E-state index contributed by atoms with van der Waals surface area (Å²) < 4.78 is 1.58. The van der Waals surface area contributed by atoms with E-state index in [9.17, 15) is 4.79 Å². The Morgan fingerprint density at radius 2 is 2.38 bits per heavy atom. The summed E-state index contributed by atoms with van der Waals surface area (Å²) >= 11 is 1.28. The van der Waals surface area contributed by atoms with Crippen molar-refractivity contribution in [2.45, 2.75) is 6.92 Å². The summed E-state index contributed by atoms with van der Waals surface area (Å²) in [5.74, 6) is 0. The lowest BCUT2D eigenvalue weighted by atomic mass is 10.6. The van der Waals surface area contributed by atoms with Gasteiger partial charge in [-0.1, -0.05) is 11.3 Å². The van der Waals surface area contributed by atoms with E-state index in [0.717, 1.165) is 4.88 Å². The molecule has 0 fully saturated rings. The monoisotopic (exact) mass is 129 g/mol. The van der Waals surface area contributed by atoms with Crippen LogP contribution in [0.25, 0.3) is 0 Å². The summed E-state index contributed by atoms with van der Waals surface area (Å²) in [7, 11) is 1.76. The van der Waals surface area contributed by atoms with Gasteiger partial charge in [-0.25, -0.2) is 0 Å². The highest BCUT2D eigenvalue weighted by Gasteiger charge is 1.91. The second-order valence-electron chi connectivity index (χ2n) is 1.72. The summed E-state index contributed by atoms with van der Waals surface area (Å²) in [6.45, 7) is 1.92. The van der Waals surface area contributed by atoms with Gasteiger partial charge in [0.25, 0.3) is 0 Å². The molecule has 1 aromatic rings. The largest absolute Gasteiger partial charge is 0.309 e. The fourth-order valence-electron chi connectivity index (χ4n) is 0.561. The van der Waals surface area contributed by atoms with Gasteiger partial charge in [-0.3, -0.25) is 4.79 Å². The predicted octanol–water partition coefficient (Wildman–Crippen LogP) is 0.755. The van der Waals surface area contributed by atoms with Gasteiger partial charge < -0.3 is 4.57 Å². The van der Waals surface area contributed by atoms with Gasteiger partial charge in [-0.05, 0) is 6.92 Å². The minimum absolute atomic E-state index is 0.113. The lowest BCUT2D eigenvalue weighted by Gasteiger charge is -1.78. The molecule has 0 bridgehead atoms. The molecule has 0 aromatic carbocycles. The van der Waals surface area contributed by atoms with Gasteiger partial charge in [0.15, 0.2) is 0 Å². The lowest BCUT2D eigenvalue weighted by Crippen LogP contribution is -2.04. The maximum atomic E-state index is 10.6. The Bertz CT molecular complexity index is 235. The van der Waals surface area contributed by atoms with E-state index in [2.05, 4.69) is 0 Å². The van der Waals surface area contributed by atoms with Gasteiger partial charge in [-0.2, -0.15) is 0 Å². The molecule has 3 heteroatoms. The first kappa shape index (κ1) is 5.56. The maximum Gasteiger partial charge on any atom is 0.307 e. The van der Waals surface area contributed by atoms with Gasteiger partial charge >= 0.3 is 4.87 Å². The van der Waals surface area contributed by atoms with E-state index >= 15 is 0 Å². The van der Waals surface area contributed by atoms with Crippen LogP contribution in [0.5, 0.6) is 0 Å². The zero-order valence-electron chi connectivity index (χ0n) is 4.84. The van der Waals surface area contributed by atoms with Crippen molar-refractivity contribution in [2.75, 3.05) is 0 Å². The zero-order chi connectivity index (χ0) is 6.15. The Balaban J connectivity index is 3.35. The zero-order valence-corrected chi connectivity index (χ0v) is 5.66. The van der Waals surface area contributed by atoms with Crippen molar-refractivity contribution < 1.29 is 0 Å². The minimum atomic E-state index is 0.113. The van der Waals surface area contributed by atoms with Crippen LogP contribution in [0.15, 0.2) is 11.0 Å². The van der Waals surface area contributed by atoms with Gasteiger partial charge in [0.05, 0.1) is 0 Å². The van der Waals surface area contributed by atoms with Crippen molar-refractivity contribution >= 4 is 11.3 Å². The third-order valence-electron chi connectivity index (χ3n) is 0.912. The molecule has 0 amide bonds. The third-order valence-corrected chi connectivity index (χ3v) is 1.80. The lowest BCUT2D eigenvalue weighted by molar-refractivity contribution is 0.893. The van der Waals surface area contributed by atoms with Crippen LogP contribution in [0.1, 0.15) is 4.88 Å². The highest BCUT2D eigenvalue weighted by atomic mass is 32.1. The Morgan fingerprint density at radius 3 is 2.50 bits per heavy atom. The highest BCUT2D eigenvalue weighted by Crippen LogP contribution is 1.96. The molecule has 44 valence electrons. The molecule has 0 unspecified atom stereocenters. The predicted molar refractivity (Wildman–Crippen MR) is 34.3 cm³/mol. The number of aromatic nitrogens is 1. The Kier molecular flexibility index (Phi) is 1.21. The van der Waals surface area contributed by atoms with E-state index in [1.54, 1.807) is 11.6 Å². The molecule has 0 N–H and O–H groups in total. The summed E-state index contributed by atoms with van der Waals surface area (Å²) in [5.41, 5.74) is 0. The second-order valence-corrected chi connectivity index (χ2v) is 2.92. The molecular formula is C5H7NOS. The number of hydrogen-bond acceptors (Lipinski definition) is 2. The topological polar surface area (TPSA) is 22.0 Å². The van der Waals surface area contributed by atoms with Crippen LogP contribution in [-0.4, -0.2) is 4.57 Å². The van der Waals surface area contributed by atoms with Gasteiger partial charge in [0.2, 0.25) is 0 Å². The van der Waals surface area contributed by atoms with Crippen molar-refractivity contribution in [3.8, 4) is 0 Å². The molecule has 0 aliphatic rings. The third kappa shape index (κ3) is 0.816. The molecule has 0 saturated heterocycles. The molecule has 1 rings (SSSR count). The standard InChI is InChI=1S/C5H7NOS/c1-4-3-6(2)5(7)8-4/h3H,1-2H3. The first-order chi connectivity index (χ1) is 3.70. The SMILES string of the molecule is Cc1cn(C)c(=O)s1. The van der Waals surface area contributed by atoms with Crippen molar-refractivity contribution in [3.63, 3.8) is 0 Å². The quantitative estimate of drug-likeness (QED) is 0.506. The van der Waals surface area contributed by atoms with Gasteiger partial charge in [0.1, 0.15) is 0 Å². The smallest absolute Gasteiger partial charge is 0.307 e. The number of nitrogens with zero attached hydrogens (tertiary/aromatic N) is 1. The van der Waals surface area contributed by atoms with E-state index in [4.69, 9.17) is 0 Å². The number of rotatable bonds is 0. The summed E-state index contributed by atoms with van der Waals surface area (Å²) in [5, 5.41) is 0. The van der Waals surface area contributed by atoms with Crippen LogP contribution in [-0.2, 0) is 7.05 Å². The summed E-state index contributed by atoms with van der Waals surface area (Å²) in [6, 6.07) is 0. The Labute approximate surface area is 51.4 Å². The highest BCUT2D eigenvalue weighted by molar-refractivity contribution is 7.09. The molecule has 2 nitrogen and oxygen atoms in total. The first-order valence-electron chi connectivity index (χ1n) is 2.33. The van der Waals surface area contributed by atoms with Crippen molar-refractivity contribution in [1.29, 1.82) is 0 Å². The van der Waals surface area contributed by atoms with E-state index in [1.807, 2.05) is 13.1 Å². The average molecular weight is 129 g/mol. The van der Waals surface area contributed by atoms with Crippen LogP contribution in [0, 0.1) is 6.92 Å². The molecule has 0 atom stereocenters. The molecule has 0 radical (unpaired) electrons. The van der Waals surface area contributed by atoms with Gasteiger partial charge in [-0.15, -0.1) is 0 Å². The van der Waals surface area contributed by atoms with E-state index in [-0.39, 0.29) is 4.87 Å². The van der Waals surface area contributed by atoms with Gasteiger partial charge in [0, 0.05) is 18.1 Å². The van der Waals surface area contributed by atoms with Crippen molar-refractivity contribution in [1.82, 2.24) is 4.57 Å². The number of thiazole rings is 1. The molecular weight excluding hydrogens is 122 g/mol. The molecule has 0 saturated carbocycles. The number of aryl methyl sites for hydroxylation is 2. The molecule has 0 aliphatic heterocycles. The van der Waals surface area contributed by atoms with Crippen LogP contribution in [0.3, 0.4) is 0 Å². The van der Waals surface area contributed by atoms with E-state index in [0.29, 0.717) is 0 Å². The minimum Gasteiger partial charge on any atom is -0.309 e. The van der Waals surface area contributed by atoms with E-state index in [1.165, 1.54) is 11.3 Å².